The fourth-order valence-corrected chi connectivity index (χ4v) is 1.99. The highest BCUT2D eigenvalue weighted by Crippen LogP contribution is 2.22. The Hall–Kier alpha value is -1.16. The number of hydrogen-bond acceptors (Lipinski definition) is 4. The lowest BCUT2D eigenvalue weighted by molar-refractivity contribution is 0.0600. The minimum absolute atomic E-state index is 0.290. The fraction of sp³-hybridized carbons (Fsp3) is 0.417. The number of anilines is 1. The van der Waals surface area contributed by atoms with E-state index in [9.17, 15) is 4.79 Å². The zero-order valence-corrected chi connectivity index (χ0v) is 10.7. The van der Waals surface area contributed by atoms with Gasteiger partial charge in [-0.25, -0.2) is 4.79 Å². The molecule has 1 rings (SSSR count). The van der Waals surface area contributed by atoms with Gasteiger partial charge in [0.1, 0.15) is 0 Å². The summed E-state index contributed by atoms with van der Waals surface area (Å²) >= 11 is 1.65. The summed E-state index contributed by atoms with van der Waals surface area (Å²) in [6, 6.07) is 5.59. The maximum absolute atomic E-state index is 11.5. The van der Waals surface area contributed by atoms with Crippen molar-refractivity contribution < 1.29 is 9.53 Å². The average Bonchev–Trinajstić information content (AvgIpc) is 2.30. The molecule has 0 heterocycles. The topological polar surface area (TPSA) is 38.3 Å². The van der Waals surface area contributed by atoms with Crippen molar-refractivity contribution in [3.05, 3.63) is 29.3 Å². The quantitative estimate of drug-likeness (QED) is 0.486. The first-order valence-corrected chi connectivity index (χ1v) is 6.25. The molecule has 1 aromatic rings. The van der Waals surface area contributed by atoms with Gasteiger partial charge in [-0.2, -0.15) is 0 Å². The average molecular weight is 239 g/mol. The van der Waals surface area contributed by atoms with Crippen molar-refractivity contribution in [1.82, 2.24) is 0 Å². The van der Waals surface area contributed by atoms with E-state index in [1.165, 1.54) is 7.11 Å². The van der Waals surface area contributed by atoms with E-state index in [1.54, 1.807) is 18.0 Å². The van der Waals surface area contributed by atoms with Crippen LogP contribution in [0.2, 0.25) is 0 Å². The first kappa shape index (κ1) is 12.9. The van der Waals surface area contributed by atoms with Crippen molar-refractivity contribution in [2.75, 3.05) is 17.6 Å². The molecule has 0 amide bonds. The maximum Gasteiger partial charge on any atom is 0.338 e. The Morgan fingerprint density at radius 1 is 1.50 bits per heavy atom. The smallest absolute Gasteiger partial charge is 0.338 e. The van der Waals surface area contributed by atoms with Crippen LogP contribution in [0.5, 0.6) is 0 Å². The Bertz CT molecular complexity index is 366. The van der Waals surface area contributed by atoms with Gasteiger partial charge < -0.3 is 9.46 Å². The van der Waals surface area contributed by atoms with E-state index in [1.807, 2.05) is 19.1 Å². The molecule has 0 saturated heterocycles. The molecule has 0 radical (unpaired) electrons. The molecule has 0 aromatic heterocycles. The normalized spacial score (nSPS) is 9.94. The number of nitrogens with one attached hydrogen (secondary N) is 1. The van der Waals surface area contributed by atoms with Gasteiger partial charge in [-0.15, -0.1) is 0 Å². The number of carbonyl (C=O) groups excluding carboxylic acids is 1. The van der Waals surface area contributed by atoms with E-state index in [4.69, 9.17) is 4.74 Å². The summed E-state index contributed by atoms with van der Waals surface area (Å²) in [5.41, 5.74) is 2.52. The van der Waals surface area contributed by atoms with Gasteiger partial charge in [-0.3, -0.25) is 0 Å². The number of esters is 1. The lowest BCUT2D eigenvalue weighted by Gasteiger charge is -2.11. The van der Waals surface area contributed by atoms with Crippen LogP contribution < -0.4 is 4.72 Å². The molecule has 88 valence electrons. The molecule has 0 atom stereocenters. The van der Waals surface area contributed by atoms with Crippen LogP contribution in [0.3, 0.4) is 0 Å². The molecular formula is C12H17NO2S. The van der Waals surface area contributed by atoms with Crippen molar-refractivity contribution in [2.45, 2.75) is 20.3 Å². The van der Waals surface area contributed by atoms with Crippen LogP contribution >= 0.6 is 11.9 Å². The first-order valence-electron chi connectivity index (χ1n) is 5.26. The summed E-state index contributed by atoms with van der Waals surface area (Å²) in [5.74, 6) is 0.753. The van der Waals surface area contributed by atoms with Gasteiger partial charge >= 0.3 is 5.97 Å². The maximum atomic E-state index is 11.5. The second kappa shape index (κ2) is 6.43. The van der Waals surface area contributed by atoms with Crippen LogP contribution in [0.15, 0.2) is 18.2 Å². The highest BCUT2D eigenvalue weighted by atomic mass is 32.2. The highest BCUT2D eigenvalue weighted by Gasteiger charge is 2.11. The predicted octanol–water partition coefficient (Wildman–Crippen LogP) is 3.25. The van der Waals surface area contributed by atoms with Gasteiger partial charge in [0.25, 0.3) is 0 Å². The number of ether oxygens (including phenoxy) is 1. The second-order valence-electron chi connectivity index (χ2n) is 3.42. The van der Waals surface area contributed by atoms with E-state index < -0.39 is 0 Å². The van der Waals surface area contributed by atoms with Crippen LogP contribution in [0.25, 0.3) is 0 Å². The van der Waals surface area contributed by atoms with Gasteiger partial charge in [0.05, 0.1) is 12.7 Å². The molecule has 0 unspecified atom stereocenters. The van der Waals surface area contributed by atoms with E-state index >= 15 is 0 Å². The lowest BCUT2D eigenvalue weighted by atomic mass is 10.1. The van der Waals surface area contributed by atoms with E-state index in [0.29, 0.717) is 5.56 Å². The van der Waals surface area contributed by atoms with Crippen molar-refractivity contribution in [1.29, 1.82) is 0 Å². The lowest BCUT2D eigenvalue weighted by Crippen LogP contribution is -2.05. The van der Waals surface area contributed by atoms with Gasteiger partial charge in [-0.1, -0.05) is 24.9 Å². The van der Waals surface area contributed by atoms with Crippen LogP contribution in [-0.4, -0.2) is 18.8 Å². The number of benzene rings is 1. The SMILES string of the molecule is CCCSNc1cccc(C(=O)OC)c1C. The zero-order chi connectivity index (χ0) is 12.0. The van der Waals surface area contributed by atoms with Crippen LogP contribution in [0.4, 0.5) is 5.69 Å². The van der Waals surface area contributed by atoms with Gasteiger partial charge in [0.15, 0.2) is 0 Å². The Morgan fingerprint density at radius 3 is 2.88 bits per heavy atom. The molecule has 0 bridgehead atoms. The molecule has 1 N–H and O–H groups in total. The standard InChI is InChI=1S/C12H17NO2S/c1-4-8-16-13-11-7-5-6-10(9(11)2)12(14)15-3/h5-7,13H,4,8H2,1-3H3. The first-order chi connectivity index (χ1) is 7.70. The summed E-state index contributed by atoms with van der Waals surface area (Å²) in [6.07, 6.45) is 1.12. The third-order valence-electron chi connectivity index (χ3n) is 2.23. The Kier molecular flexibility index (Phi) is 5.19. The molecule has 3 nitrogen and oxygen atoms in total. The van der Waals surface area contributed by atoms with Crippen LogP contribution in [0.1, 0.15) is 29.3 Å². The van der Waals surface area contributed by atoms with E-state index in [2.05, 4.69) is 11.6 Å². The molecule has 0 aliphatic heterocycles. The Morgan fingerprint density at radius 2 is 2.25 bits per heavy atom. The predicted molar refractivity (Wildman–Crippen MR) is 68.9 cm³/mol. The molecule has 1 aromatic carbocycles. The number of rotatable bonds is 5. The minimum Gasteiger partial charge on any atom is -0.465 e. The third kappa shape index (κ3) is 3.17. The minimum atomic E-state index is -0.290. The van der Waals surface area contributed by atoms with Gasteiger partial charge in [0.2, 0.25) is 0 Å². The van der Waals surface area contributed by atoms with E-state index in [0.717, 1.165) is 23.4 Å². The van der Waals surface area contributed by atoms with Gasteiger partial charge in [0, 0.05) is 11.4 Å². The van der Waals surface area contributed by atoms with Gasteiger partial charge in [-0.05, 0) is 31.0 Å². The summed E-state index contributed by atoms with van der Waals surface area (Å²) in [5, 5.41) is 0. The molecular weight excluding hydrogens is 222 g/mol. The summed E-state index contributed by atoms with van der Waals surface area (Å²) in [6.45, 7) is 4.05. The fourth-order valence-electron chi connectivity index (χ4n) is 1.31. The number of methoxy groups -OCH3 is 1. The molecule has 0 saturated carbocycles. The second-order valence-corrected chi connectivity index (χ2v) is 4.32. The number of carbonyl (C=O) groups is 1. The summed E-state index contributed by atoms with van der Waals surface area (Å²) in [7, 11) is 1.40. The molecule has 0 aliphatic carbocycles. The summed E-state index contributed by atoms with van der Waals surface area (Å²) in [4.78, 5) is 11.5. The zero-order valence-electron chi connectivity index (χ0n) is 9.87. The largest absolute Gasteiger partial charge is 0.465 e. The van der Waals surface area contributed by atoms with Crippen molar-refractivity contribution in [3.8, 4) is 0 Å². The van der Waals surface area contributed by atoms with Crippen molar-refractivity contribution >= 4 is 23.6 Å². The van der Waals surface area contributed by atoms with Crippen LogP contribution in [-0.2, 0) is 4.74 Å². The van der Waals surface area contributed by atoms with Crippen LogP contribution in [0, 0.1) is 6.92 Å². The molecule has 4 heteroatoms. The highest BCUT2D eigenvalue weighted by molar-refractivity contribution is 8.00. The third-order valence-corrected chi connectivity index (χ3v) is 3.20. The van der Waals surface area contributed by atoms with Crippen molar-refractivity contribution in [2.24, 2.45) is 0 Å². The monoisotopic (exact) mass is 239 g/mol. The summed E-state index contributed by atoms with van der Waals surface area (Å²) < 4.78 is 7.97. The Balaban J connectivity index is 2.82. The molecule has 16 heavy (non-hydrogen) atoms. The van der Waals surface area contributed by atoms with Crippen molar-refractivity contribution in [3.63, 3.8) is 0 Å². The van der Waals surface area contributed by atoms with E-state index in [-0.39, 0.29) is 5.97 Å². The Labute approximate surface area is 101 Å². The molecule has 0 aliphatic rings. The molecule has 0 spiro atoms. The number of hydrogen-bond donors (Lipinski definition) is 1. The molecule has 0 fully saturated rings.